The van der Waals surface area contributed by atoms with E-state index in [-0.39, 0.29) is 73.3 Å². The van der Waals surface area contributed by atoms with Gasteiger partial charge in [0.15, 0.2) is 31.9 Å². The summed E-state index contributed by atoms with van der Waals surface area (Å²) in [5.41, 5.74) is 3.68. The number of allylic oxidation sites excluding steroid dienone is 3. The molecular formula is C94H143F9MgO11S2. The number of aliphatic hydroxyl groups excluding tert-OH is 3. The van der Waals surface area contributed by atoms with Crippen LogP contribution in [0.25, 0.3) is 0 Å². The monoisotopic (exact) mass is 1710 g/mol. The van der Waals surface area contributed by atoms with E-state index in [0.29, 0.717) is 81.3 Å². The average molecular weight is 1710 g/mol. The van der Waals surface area contributed by atoms with Crippen molar-refractivity contribution in [1.82, 2.24) is 0 Å². The minimum atomic E-state index is -4.87. The van der Waals surface area contributed by atoms with Crippen LogP contribution in [0.5, 0.6) is 0 Å². The molecule has 0 bridgehead atoms. The Morgan fingerprint density at radius 2 is 0.812 bits per heavy atom. The standard InChI is InChI=1S/C33H47F3O4S.C30H44O3S.C27H43F3O2.C3H3F3O.CH4O.Mg.2H/c1-4-32(38)17-15-25-22(20-32)10-11-27-26(25)14-16-31(3)28(12-13-29(27)31)21(2)18-24(19-30(37)33(34,35)36)41(39,40)23-8-6-5-7-9-23;1-4-30(31)18-15-24-22(20-30)10-11-26-25(24)14-17-29(3)27(12-13-28(26)29)21(2)16-19-34(32,33)23-8-6-5-7-9-23;1-4-26(32)15-13-19-18(16-26)8-9-21-20(19)12-14-25(3)22(10-11-23(21)25)17(2)6-5-7-24(31)27(28,29)30;4-3(5,6)2-1-7-2;1-2;;;/h5-10,21,24-30,37-38H,4,11-20H2,1-3H3;5-10,21,24-28,31H,4,11-20H2,1-3H3;8,17,19-24,31-32H,4-7,9-16H2,1-3H3;2H,1H2;2H,1H3;;;/q;;;;;+2;2*-1/t21-,24?,25+,26-,27-,28-,29+,30-,31-,32+;21-,24+,25-,26-,27-,28+,29-,30+;17-,19+,20-,21-,22-,23+,24-,25-,26+;2-;;;;/m1111..../s1. The van der Waals surface area contributed by atoms with Gasteiger partial charge in [0.2, 0.25) is 0 Å². The van der Waals surface area contributed by atoms with Gasteiger partial charge < -0.3 is 38.2 Å². The molecular weight excluding hydrogens is 1560 g/mol. The first kappa shape index (κ1) is 96.6. The van der Waals surface area contributed by atoms with E-state index in [1.807, 2.05) is 25.1 Å². The van der Waals surface area contributed by atoms with E-state index in [1.54, 1.807) is 35.9 Å². The summed E-state index contributed by atoms with van der Waals surface area (Å²) in [5, 5.41) is 57.6. The van der Waals surface area contributed by atoms with Crippen molar-refractivity contribution >= 4 is 42.7 Å². The van der Waals surface area contributed by atoms with Crippen LogP contribution in [0.3, 0.4) is 0 Å². The van der Waals surface area contributed by atoms with E-state index >= 15 is 0 Å². The molecule has 10 fully saturated rings. The maximum absolute atomic E-state index is 13.6. The zero-order valence-corrected chi connectivity index (χ0v) is 74.7. The van der Waals surface area contributed by atoms with Gasteiger partial charge in [-0.25, -0.2) is 16.8 Å². The third kappa shape index (κ3) is 21.1. The van der Waals surface area contributed by atoms with Crippen molar-refractivity contribution in [1.29, 1.82) is 0 Å². The van der Waals surface area contributed by atoms with E-state index < -0.39 is 85.0 Å². The Bertz CT molecular complexity index is 3910. The van der Waals surface area contributed by atoms with Crippen molar-refractivity contribution in [3.05, 3.63) is 95.6 Å². The summed E-state index contributed by atoms with van der Waals surface area (Å²) in [5.74, 6) is 10.6. The average Bonchev–Trinajstić information content (AvgIpc) is 1.64. The summed E-state index contributed by atoms with van der Waals surface area (Å²) in [4.78, 5) is 0.473. The number of alkyl halides is 9. The summed E-state index contributed by atoms with van der Waals surface area (Å²) in [7, 11) is -6.27. The molecule has 2 aromatic carbocycles. The predicted octanol–water partition coefficient (Wildman–Crippen LogP) is 21.8. The van der Waals surface area contributed by atoms with Crippen LogP contribution in [0, 0.1) is 123 Å². The molecule has 23 heteroatoms. The number of aliphatic hydroxyl groups is 6. The summed E-state index contributed by atoms with van der Waals surface area (Å²) >= 11 is 0. The number of halogens is 9. The van der Waals surface area contributed by atoms with Crippen LogP contribution in [0.1, 0.15) is 277 Å². The van der Waals surface area contributed by atoms with Gasteiger partial charge in [-0.1, -0.05) is 147 Å². The first-order valence-corrected chi connectivity index (χ1v) is 48.1. The van der Waals surface area contributed by atoms with Crippen LogP contribution in [0.4, 0.5) is 39.5 Å². The van der Waals surface area contributed by atoms with E-state index in [9.17, 15) is 81.9 Å². The molecule has 0 spiro atoms. The molecule has 9 saturated carbocycles. The third-order valence-corrected chi connectivity index (χ3v) is 38.2. The van der Waals surface area contributed by atoms with Gasteiger partial charge in [0.25, 0.3) is 0 Å². The summed E-state index contributed by atoms with van der Waals surface area (Å²) in [6.07, 6.45) is 17.5. The van der Waals surface area contributed by atoms with Crippen molar-refractivity contribution < 1.29 is 94.6 Å². The third-order valence-electron chi connectivity index (χ3n) is 34.2. The SMILES string of the molecule is CC[C@]1(O)CC[C@H]2C(=CC[C@@H]3[C@@H]2CC[C@]2(C)[C@@H]([C@H](C)CC(C[C@@H](O)C(F)(F)F)S(=O)(=O)c4ccccc4)CC[C@@H]32)C1.CC[C@]1(O)CC[C@H]2C(=CC[C@@H]3[C@@H]2CC[C@]2(C)[C@@H]([C@H](C)CCC[C@@H](O)C(F)(F)F)CC[C@@H]32)C1.CC[C@]1(O)CC[C@H]2C(=CC[C@@H]3[C@@H]2CC[C@]2(C)[C@@H]([C@H](C)CCS(=O)(=O)c4ccccc4)CC[C@@H]32)C1.CO.FC(F)(F)[C@H]1CO1.[H-].[H-].[Mg+2]. The molecule has 0 radical (unpaired) electrons. The fourth-order valence-corrected chi connectivity index (χ4v) is 31.0. The second kappa shape index (κ2) is 38.3. The molecule has 2 aromatic rings. The summed E-state index contributed by atoms with van der Waals surface area (Å²) in [6, 6.07) is 16.7. The Morgan fingerprint density at radius 3 is 1.15 bits per heavy atom. The molecule has 662 valence electrons. The van der Waals surface area contributed by atoms with E-state index in [0.717, 1.165) is 171 Å². The van der Waals surface area contributed by atoms with Gasteiger partial charge in [0.1, 0.15) is 6.10 Å². The second-order valence-electron chi connectivity index (χ2n) is 39.9. The predicted molar refractivity (Wildman–Crippen MR) is 445 cm³/mol. The van der Waals surface area contributed by atoms with Gasteiger partial charge in [-0.15, -0.1) is 0 Å². The minimum absolute atomic E-state index is 0. The number of benzene rings is 2. The van der Waals surface area contributed by atoms with Crippen LogP contribution in [0.2, 0.25) is 0 Å². The van der Waals surface area contributed by atoms with E-state index in [2.05, 4.69) is 78.4 Å². The van der Waals surface area contributed by atoms with E-state index in [1.165, 1.54) is 81.1 Å². The number of hydrogen-bond donors (Lipinski definition) is 6. The molecule has 13 aliphatic rings. The maximum Gasteiger partial charge on any atom is 2.00 e. The largest absolute Gasteiger partial charge is 2.00 e. The van der Waals surface area contributed by atoms with Gasteiger partial charge in [0.05, 0.1) is 44.2 Å². The maximum atomic E-state index is 13.6. The van der Waals surface area contributed by atoms with Gasteiger partial charge in [-0.3, -0.25) is 0 Å². The zero-order chi connectivity index (χ0) is 84.7. The smallest absolute Gasteiger partial charge is 1.00 e. The second-order valence-corrected chi connectivity index (χ2v) is 44.3. The molecule has 0 amide bonds. The van der Waals surface area contributed by atoms with Crippen LogP contribution in [-0.2, 0) is 24.4 Å². The first-order valence-electron chi connectivity index (χ1n) is 44.9. The van der Waals surface area contributed by atoms with Gasteiger partial charge in [0, 0.05) is 7.11 Å². The van der Waals surface area contributed by atoms with Crippen LogP contribution in [0.15, 0.2) is 105 Å². The molecule has 0 aromatic heterocycles. The molecule has 1 unspecified atom stereocenters. The topological polar surface area (TPSA) is 202 Å². The number of hydrogen-bond acceptors (Lipinski definition) is 11. The molecule has 28 atom stereocenters. The van der Waals surface area contributed by atoms with Crippen LogP contribution >= 0.6 is 0 Å². The zero-order valence-electron chi connectivity index (χ0n) is 73.6. The quantitative estimate of drug-likeness (QED) is 0.0319. The van der Waals surface area contributed by atoms with Crippen LogP contribution < -0.4 is 0 Å². The summed E-state index contributed by atoms with van der Waals surface area (Å²) < 4.78 is 168. The summed E-state index contributed by atoms with van der Waals surface area (Å²) in [6.45, 7) is 20.1. The Hall–Kier alpha value is -2.58. The normalized spacial score (nSPS) is 38.8. The van der Waals surface area contributed by atoms with Crippen molar-refractivity contribution in [2.24, 2.45) is 123 Å². The molecule has 1 saturated heterocycles. The number of sulfone groups is 2. The number of ether oxygens (including phenoxy) is 1. The number of fused-ring (bicyclic) bond motifs is 15. The minimum Gasteiger partial charge on any atom is -1.00 e. The van der Waals surface area contributed by atoms with Crippen molar-refractivity contribution in [2.45, 2.75) is 343 Å². The Kier molecular flexibility index (Phi) is 31.6. The fraction of sp³-hybridized carbons (Fsp3) is 0.809. The van der Waals surface area contributed by atoms with E-state index in [4.69, 9.17) is 5.11 Å². The van der Waals surface area contributed by atoms with Gasteiger partial charge in [-0.05, 0) is 346 Å². The Morgan fingerprint density at radius 1 is 0.462 bits per heavy atom. The van der Waals surface area contributed by atoms with Gasteiger partial charge in [-0.2, -0.15) is 39.5 Å². The van der Waals surface area contributed by atoms with Crippen LogP contribution in [-0.4, -0.2) is 149 Å². The molecule has 15 rings (SSSR count). The molecule has 117 heavy (non-hydrogen) atoms. The van der Waals surface area contributed by atoms with Gasteiger partial charge >= 0.3 is 41.6 Å². The Labute approximate surface area is 713 Å². The molecule has 11 nitrogen and oxygen atoms in total. The fourth-order valence-electron chi connectivity index (χ4n) is 27.6. The molecule has 1 aliphatic heterocycles. The molecule has 12 aliphatic carbocycles. The number of rotatable bonds is 20. The van der Waals surface area contributed by atoms with Crippen molar-refractivity contribution in [3.63, 3.8) is 0 Å². The number of epoxide rings is 1. The van der Waals surface area contributed by atoms with Crippen molar-refractivity contribution in [3.8, 4) is 0 Å². The Balaban J connectivity index is 0.000000210. The first-order chi connectivity index (χ1) is 54.4. The van der Waals surface area contributed by atoms with Crippen molar-refractivity contribution in [2.75, 3.05) is 19.5 Å². The molecule has 6 N–H and O–H groups in total. The molecule has 1 heterocycles.